The van der Waals surface area contributed by atoms with E-state index in [1.807, 2.05) is 0 Å². The molecule has 37 heavy (non-hydrogen) atoms. The Morgan fingerprint density at radius 3 is 2.54 bits per heavy atom. The molecule has 2 fully saturated rings. The molecule has 1 saturated heterocycles. The van der Waals surface area contributed by atoms with Crippen LogP contribution in [0.5, 0.6) is 0 Å². The third-order valence-electron chi connectivity index (χ3n) is 6.95. The van der Waals surface area contributed by atoms with Crippen LogP contribution < -0.4 is 15.5 Å². The van der Waals surface area contributed by atoms with Gasteiger partial charge in [0.25, 0.3) is 6.43 Å². The summed E-state index contributed by atoms with van der Waals surface area (Å²) < 4.78 is 34.9. The number of benzene rings is 1. The summed E-state index contributed by atoms with van der Waals surface area (Å²) in [4.78, 5) is 27.0. The summed E-state index contributed by atoms with van der Waals surface area (Å²) in [6.45, 7) is 2.54. The number of para-hydroxylation sites is 2. The number of carbonyl (C=O) groups is 1. The lowest BCUT2D eigenvalue weighted by atomic mass is 9.86. The van der Waals surface area contributed by atoms with E-state index in [-0.39, 0.29) is 17.8 Å². The number of carbonyl (C=O) groups excluding carboxylic acids is 1. The van der Waals surface area contributed by atoms with E-state index in [9.17, 15) is 13.6 Å². The molecule has 3 N–H and O–H groups in total. The zero-order valence-electron chi connectivity index (χ0n) is 20.4. The van der Waals surface area contributed by atoms with Gasteiger partial charge >= 0.3 is 0 Å². The van der Waals surface area contributed by atoms with Crippen LogP contribution in [0.3, 0.4) is 0 Å². The number of hydrogen-bond donors (Lipinski definition) is 3. The normalized spacial score (nSPS) is 20.4. The Hall–Kier alpha value is -3.38. The number of aromatic nitrogens is 4. The van der Waals surface area contributed by atoms with Crippen molar-refractivity contribution in [2.75, 3.05) is 49.7 Å². The van der Waals surface area contributed by atoms with Crippen LogP contribution in [0.1, 0.15) is 37.9 Å². The van der Waals surface area contributed by atoms with Crippen LogP contribution in [0.25, 0.3) is 16.9 Å². The number of amides is 1. The van der Waals surface area contributed by atoms with Crippen molar-refractivity contribution < 1.29 is 23.4 Å². The number of nitrogens with zero attached hydrogens (tertiary/aromatic N) is 5. The van der Waals surface area contributed by atoms with Gasteiger partial charge in [-0.25, -0.2) is 13.8 Å². The molecule has 1 amide bonds. The van der Waals surface area contributed by atoms with Crippen molar-refractivity contribution in [2.24, 2.45) is 5.92 Å². The van der Waals surface area contributed by atoms with Crippen molar-refractivity contribution in [3.05, 3.63) is 36.2 Å². The summed E-state index contributed by atoms with van der Waals surface area (Å²) in [7, 11) is 0. The first-order valence-electron chi connectivity index (χ1n) is 12.6. The molecule has 3 aromatic rings. The van der Waals surface area contributed by atoms with Gasteiger partial charge in [0.05, 0.1) is 24.2 Å². The number of aliphatic hydroxyl groups excluding tert-OH is 1. The molecule has 0 bridgehead atoms. The molecule has 198 valence electrons. The van der Waals surface area contributed by atoms with Gasteiger partial charge in [-0.3, -0.25) is 9.36 Å². The second-order valence-electron chi connectivity index (χ2n) is 9.43. The van der Waals surface area contributed by atoms with E-state index < -0.39 is 13.0 Å². The quantitative estimate of drug-likeness (QED) is 0.419. The third kappa shape index (κ3) is 5.80. The lowest BCUT2D eigenvalue weighted by Crippen LogP contribution is -2.39. The number of ether oxygens (including phenoxy) is 1. The van der Waals surface area contributed by atoms with E-state index in [0.717, 1.165) is 25.7 Å². The number of nitrogens with one attached hydrogen (secondary N) is 2. The lowest BCUT2D eigenvalue weighted by Gasteiger charge is -2.30. The second kappa shape index (κ2) is 11.3. The predicted octanol–water partition coefficient (Wildman–Crippen LogP) is 2.67. The lowest BCUT2D eigenvalue weighted by molar-refractivity contribution is -0.124. The van der Waals surface area contributed by atoms with Gasteiger partial charge in [0.15, 0.2) is 5.82 Å². The summed E-state index contributed by atoms with van der Waals surface area (Å²) in [5.74, 6) is 0.988. The Labute approximate surface area is 213 Å². The van der Waals surface area contributed by atoms with Crippen LogP contribution in [0.4, 0.5) is 20.5 Å². The number of rotatable bonds is 8. The van der Waals surface area contributed by atoms with Crippen LogP contribution in [0.2, 0.25) is 0 Å². The fourth-order valence-electron chi connectivity index (χ4n) is 5.02. The molecule has 2 aliphatic rings. The van der Waals surface area contributed by atoms with Gasteiger partial charge in [-0.1, -0.05) is 12.1 Å². The Morgan fingerprint density at radius 1 is 1.08 bits per heavy atom. The molecule has 1 aromatic carbocycles. The van der Waals surface area contributed by atoms with E-state index in [2.05, 4.69) is 25.5 Å². The van der Waals surface area contributed by atoms with Crippen molar-refractivity contribution in [2.45, 2.75) is 38.2 Å². The summed E-state index contributed by atoms with van der Waals surface area (Å²) in [6, 6.07) is 8.83. The van der Waals surface area contributed by atoms with Gasteiger partial charge in [-0.05, 0) is 43.7 Å². The molecule has 1 aliphatic carbocycles. The van der Waals surface area contributed by atoms with E-state index in [4.69, 9.17) is 14.8 Å². The molecule has 5 rings (SSSR count). The predicted molar refractivity (Wildman–Crippen MR) is 134 cm³/mol. The SMILES string of the molecule is O=C(CO)NC1CCC(CNc2nc(N3CCOCC3)cc(-n3c(C(F)F)nc4ccccc43)n2)CC1. The van der Waals surface area contributed by atoms with Gasteiger partial charge < -0.3 is 25.4 Å². The maximum Gasteiger partial charge on any atom is 0.296 e. The fourth-order valence-corrected chi connectivity index (χ4v) is 5.02. The number of hydrogen-bond acceptors (Lipinski definition) is 8. The topological polar surface area (TPSA) is 117 Å². The molecule has 3 heterocycles. The standard InChI is InChI=1S/C25H31F2N7O3/c26-23(27)24-30-18-3-1-2-4-19(18)34(24)21-13-20(33-9-11-37-12-10-33)31-25(32-21)28-14-16-5-7-17(8-6-16)29-22(36)15-35/h1-4,13,16-17,23,35H,5-12,14-15H2,(H,29,36)(H,28,31,32). The van der Waals surface area contributed by atoms with Gasteiger partial charge in [-0.2, -0.15) is 9.97 Å². The summed E-state index contributed by atoms with van der Waals surface area (Å²) in [6.07, 6.45) is 0.697. The van der Waals surface area contributed by atoms with Crippen molar-refractivity contribution in [1.29, 1.82) is 0 Å². The molecule has 12 heteroatoms. The van der Waals surface area contributed by atoms with Crippen LogP contribution in [-0.2, 0) is 9.53 Å². The number of aliphatic hydroxyl groups is 1. The highest BCUT2D eigenvalue weighted by Gasteiger charge is 2.25. The molecule has 0 unspecified atom stereocenters. The first kappa shape index (κ1) is 25.3. The van der Waals surface area contributed by atoms with Crippen molar-refractivity contribution in [3.8, 4) is 5.82 Å². The minimum absolute atomic E-state index is 0.0747. The second-order valence-corrected chi connectivity index (χ2v) is 9.43. The average molecular weight is 516 g/mol. The van der Waals surface area contributed by atoms with Gasteiger partial charge in [0.1, 0.15) is 18.2 Å². The Bertz CT molecular complexity index is 1220. The first-order valence-corrected chi connectivity index (χ1v) is 12.6. The van der Waals surface area contributed by atoms with Gasteiger partial charge in [0.2, 0.25) is 11.9 Å². The molecule has 0 atom stereocenters. The van der Waals surface area contributed by atoms with E-state index in [1.165, 1.54) is 4.57 Å². The van der Waals surface area contributed by atoms with Crippen molar-refractivity contribution in [3.63, 3.8) is 0 Å². The fraction of sp³-hybridized carbons (Fsp3) is 0.520. The Balaban J connectivity index is 1.40. The highest BCUT2D eigenvalue weighted by molar-refractivity contribution is 5.78. The monoisotopic (exact) mass is 515 g/mol. The molecular formula is C25H31F2N7O3. The zero-order chi connectivity index (χ0) is 25.8. The van der Waals surface area contributed by atoms with Gasteiger partial charge in [0, 0.05) is 31.7 Å². The van der Waals surface area contributed by atoms with Crippen molar-refractivity contribution >= 4 is 28.7 Å². The minimum atomic E-state index is -2.77. The number of anilines is 2. The zero-order valence-corrected chi connectivity index (χ0v) is 20.4. The van der Waals surface area contributed by atoms with Crippen LogP contribution in [0, 0.1) is 5.92 Å². The highest BCUT2D eigenvalue weighted by Crippen LogP contribution is 2.30. The maximum absolute atomic E-state index is 14.0. The minimum Gasteiger partial charge on any atom is -0.387 e. The molecule has 1 aliphatic heterocycles. The molecule has 0 spiro atoms. The number of alkyl halides is 2. The van der Waals surface area contributed by atoms with E-state index in [1.54, 1.807) is 30.3 Å². The smallest absolute Gasteiger partial charge is 0.296 e. The summed E-state index contributed by atoms with van der Waals surface area (Å²) >= 11 is 0. The van der Waals surface area contributed by atoms with Gasteiger partial charge in [-0.15, -0.1) is 0 Å². The molecule has 1 saturated carbocycles. The summed E-state index contributed by atoms with van der Waals surface area (Å²) in [5.41, 5.74) is 1.03. The number of imidazole rings is 1. The molecular weight excluding hydrogens is 484 g/mol. The van der Waals surface area contributed by atoms with Crippen molar-refractivity contribution in [1.82, 2.24) is 24.8 Å². The average Bonchev–Trinajstić information content (AvgIpc) is 3.33. The Kier molecular flexibility index (Phi) is 7.75. The number of halogens is 2. The molecule has 0 radical (unpaired) electrons. The Morgan fingerprint density at radius 2 is 1.81 bits per heavy atom. The molecule has 2 aromatic heterocycles. The summed E-state index contributed by atoms with van der Waals surface area (Å²) in [5, 5.41) is 15.1. The van der Waals surface area contributed by atoms with E-state index >= 15 is 0 Å². The van der Waals surface area contributed by atoms with Crippen LogP contribution >= 0.6 is 0 Å². The third-order valence-corrected chi connectivity index (χ3v) is 6.95. The highest BCUT2D eigenvalue weighted by atomic mass is 19.3. The first-order chi connectivity index (χ1) is 18.0. The molecule has 10 nitrogen and oxygen atoms in total. The van der Waals surface area contributed by atoms with E-state index in [0.29, 0.717) is 67.4 Å². The van der Waals surface area contributed by atoms with Crippen LogP contribution in [-0.4, -0.2) is 76.0 Å². The maximum atomic E-state index is 14.0. The number of fused-ring (bicyclic) bond motifs is 1. The van der Waals surface area contributed by atoms with Crippen LogP contribution in [0.15, 0.2) is 30.3 Å². The number of morpholine rings is 1. The largest absolute Gasteiger partial charge is 0.387 e.